The third kappa shape index (κ3) is 4.48. The van der Waals surface area contributed by atoms with Crippen molar-refractivity contribution >= 4 is 5.97 Å². The molecule has 0 saturated heterocycles. The molecule has 0 radical (unpaired) electrons. The van der Waals surface area contributed by atoms with Gasteiger partial charge in [-0.2, -0.15) is 0 Å². The van der Waals surface area contributed by atoms with Gasteiger partial charge in [-0.15, -0.1) is 0 Å². The third-order valence-electron chi connectivity index (χ3n) is 4.61. The number of hydrogen-bond acceptors (Lipinski definition) is 2. The van der Waals surface area contributed by atoms with Gasteiger partial charge < -0.3 is 9.84 Å². The van der Waals surface area contributed by atoms with Gasteiger partial charge in [0.1, 0.15) is 5.75 Å². The first-order valence-electron chi connectivity index (χ1n) is 7.98. The van der Waals surface area contributed by atoms with Crippen molar-refractivity contribution in [2.24, 2.45) is 5.92 Å². The first kappa shape index (κ1) is 15.9. The van der Waals surface area contributed by atoms with E-state index < -0.39 is 5.97 Å². The number of carbonyl (C=O) groups is 1. The molecule has 3 heteroatoms. The molecule has 2 rings (SSSR count). The predicted octanol–water partition coefficient (Wildman–Crippen LogP) is 4.40. The van der Waals surface area contributed by atoms with Crippen molar-refractivity contribution in [3.8, 4) is 5.75 Å². The fourth-order valence-electron chi connectivity index (χ4n) is 3.27. The van der Waals surface area contributed by atoms with Crippen LogP contribution in [0.25, 0.3) is 0 Å². The van der Waals surface area contributed by atoms with Crippen LogP contribution in [0.3, 0.4) is 0 Å². The van der Waals surface area contributed by atoms with Crippen molar-refractivity contribution in [3.05, 3.63) is 29.3 Å². The van der Waals surface area contributed by atoms with Crippen LogP contribution < -0.4 is 4.74 Å². The van der Waals surface area contributed by atoms with Gasteiger partial charge in [-0.05, 0) is 54.7 Å². The zero-order valence-corrected chi connectivity index (χ0v) is 13.1. The lowest BCUT2D eigenvalue weighted by molar-refractivity contribution is -0.137. The van der Waals surface area contributed by atoms with Crippen molar-refractivity contribution in [3.63, 3.8) is 0 Å². The summed E-state index contributed by atoms with van der Waals surface area (Å²) in [5.41, 5.74) is 2.54. The molecule has 0 bridgehead atoms. The minimum Gasteiger partial charge on any atom is -0.496 e. The molecule has 0 amide bonds. The van der Waals surface area contributed by atoms with E-state index in [0.29, 0.717) is 12.3 Å². The van der Waals surface area contributed by atoms with Crippen LogP contribution in [-0.2, 0) is 11.2 Å². The highest BCUT2D eigenvalue weighted by Crippen LogP contribution is 2.39. The summed E-state index contributed by atoms with van der Waals surface area (Å²) >= 11 is 0. The van der Waals surface area contributed by atoms with Gasteiger partial charge in [-0.3, -0.25) is 4.79 Å². The van der Waals surface area contributed by atoms with Crippen LogP contribution >= 0.6 is 0 Å². The maximum absolute atomic E-state index is 10.6. The quantitative estimate of drug-likeness (QED) is 0.845. The summed E-state index contributed by atoms with van der Waals surface area (Å²) in [5, 5.41) is 8.74. The molecule has 0 heterocycles. The summed E-state index contributed by atoms with van der Waals surface area (Å²) in [5.74, 6) is 1.70. The smallest absolute Gasteiger partial charge is 0.303 e. The summed E-state index contributed by atoms with van der Waals surface area (Å²) in [6.45, 7) is 2.33. The van der Waals surface area contributed by atoms with Gasteiger partial charge in [0, 0.05) is 6.42 Å². The summed E-state index contributed by atoms with van der Waals surface area (Å²) in [4.78, 5) is 10.6. The molecule has 1 N–H and O–H groups in total. The summed E-state index contributed by atoms with van der Waals surface area (Å²) in [6, 6.07) is 6.35. The first-order valence-corrected chi connectivity index (χ1v) is 7.98. The zero-order valence-electron chi connectivity index (χ0n) is 13.1. The van der Waals surface area contributed by atoms with E-state index in [4.69, 9.17) is 9.84 Å². The molecule has 0 aromatic heterocycles. The van der Waals surface area contributed by atoms with Gasteiger partial charge in [-0.25, -0.2) is 0 Å². The normalized spacial score (nSPS) is 22.0. The van der Waals surface area contributed by atoms with Crippen LogP contribution in [0.15, 0.2) is 18.2 Å². The monoisotopic (exact) mass is 290 g/mol. The summed E-state index contributed by atoms with van der Waals surface area (Å²) in [6.07, 6.45) is 6.80. The Labute approximate surface area is 127 Å². The molecule has 1 aliphatic rings. The number of carboxylic acid groups (broad SMARTS) is 1. The van der Waals surface area contributed by atoms with Crippen molar-refractivity contribution in [2.45, 2.75) is 57.8 Å². The van der Waals surface area contributed by atoms with Gasteiger partial charge in [-0.1, -0.05) is 31.9 Å². The molecule has 1 aromatic carbocycles. The van der Waals surface area contributed by atoms with E-state index in [9.17, 15) is 4.79 Å². The fraction of sp³-hybridized carbons (Fsp3) is 0.611. The number of aryl methyl sites for hydroxylation is 1. The van der Waals surface area contributed by atoms with E-state index in [0.717, 1.165) is 18.1 Å². The molecule has 0 spiro atoms. The van der Waals surface area contributed by atoms with Gasteiger partial charge in [0.2, 0.25) is 0 Å². The highest BCUT2D eigenvalue weighted by Gasteiger charge is 2.22. The van der Waals surface area contributed by atoms with Gasteiger partial charge >= 0.3 is 5.97 Å². The first-order chi connectivity index (χ1) is 10.1. The number of hydrogen-bond donors (Lipinski definition) is 1. The molecule has 1 saturated carbocycles. The molecule has 21 heavy (non-hydrogen) atoms. The van der Waals surface area contributed by atoms with E-state index in [1.807, 2.05) is 6.07 Å². The Morgan fingerprint density at radius 2 is 2.00 bits per heavy atom. The molecule has 0 unspecified atom stereocenters. The molecule has 116 valence electrons. The number of methoxy groups -OCH3 is 1. The molecular formula is C18H26O3. The van der Waals surface area contributed by atoms with Gasteiger partial charge in [0.25, 0.3) is 0 Å². The third-order valence-corrected chi connectivity index (χ3v) is 4.61. The topological polar surface area (TPSA) is 46.5 Å². The van der Waals surface area contributed by atoms with Gasteiger partial charge in [0.05, 0.1) is 7.11 Å². The number of benzene rings is 1. The lowest BCUT2D eigenvalue weighted by Gasteiger charge is -2.28. The van der Waals surface area contributed by atoms with Crippen LogP contribution in [0.2, 0.25) is 0 Å². The van der Waals surface area contributed by atoms with Crippen LogP contribution in [0.1, 0.15) is 62.5 Å². The maximum atomic E-state index is 10.6. The molecule has 1 fully saturated rings. The highest BCUT2D eigenvalue weighted by molar-refractivity contribution is 5.66. The second-order valence-corrected chi connectivity index (χ2v) is 6.28. The average Bonchev–Trinajstić information content (AvgIpc) is 2.47. The molecule has 1 aliphatic carbocycles. The standard InChI is InChI=1S/C18H26O3/c1-13-6-9-15(10-7-13)16-12-14(4-3-5-18(19)20)8-11-17(16)21-2/h8,11-13,15H,3-7,9-10H2,1-2H3,(H,19,20). The molecule has 3 nitrogen and oxygen atoms in total. The van der Waals surface area contributed by atoms with E-state index >= 15 is 0 Å². The highest BCUT2D eigenvalue weighted by atomic mass is 16.5. The number of rotatable bonds is 6. The van der Waals surface area contributed by atoms with Crippen molar-refractivity contribution in [1.29, 1.82) is 0 Å². The maximum Gasteiger partial charge on any atom is 0.303 e. The Bertz CT molecular complexity index is 473. The summed E-state index contributed by atoms with van der Waals surface area (Å²) in [7, 11) is 1.73. The van der Waals surface area contributed by atoms with Crippen molar-refractivity contribution < 1.29 is 14.6 Å². The SMILES string of the molecule is COc1ccc(CCCC(=O)O)cc1C1CCC(C)CC1. The Balaban J connectivity index is 2.08. The molecular weight excluding hydrogens is 264 g/mol. The number of aliphatic carboxylic acids is 1. The zero-order chi connectivity index (χ0) is 15.2. The van der Waals surface area contributed by atoms with E-state index in [1.54, 1.807) is 7.11 Å². The molecule has 1 aromatic rings. The van der Waals surface area contributed by atoms with Crippen LogP contribution in [0.4, 0.5) is 0 Å². The Kier molecular flexibility index (Phi) is 5.66. The minimum atomic E-state index is -0.718. The molecule has 0 atom stereocenters. The van der Waals surface area contributed by atoms with Crippen LogP contribution in [-0.4, -0.2) is 18.2 Å². The summed E-state index contributed by atoms with van der Waals surface area (Å²) < 4.78 is 5.53. The fourth-order valence-corrected chi connectivity index (χ4v) is 3.27. The predicted molar refractivity (Wildman–Crippen MR) is 83.9 cm³/mol. The number of carboxylic acids is 1. The van der Waals surface area contributed by atoms with Crippen LogP contribution in [0, 0.1) is 5.92 Å². The molecule has 0 aliphatic heterocycles. The van der Waals surface area contributed by atoms with E-state index in [-0.39, 0.29) is 6.42 Å². The Morgan fingerprint density at radius 1 is 1.29 bits per heavy atom. The second kappa shape index (κ2) is 7.48. The Morgan fingerprint density at radius 3 is 2.62 bits per heavy atom. The lowest BCUT2D eigenvalue weighted by Crippen LogP contribution is -2.12. The van der Waals surface area contributed by atoms with Crippen molar-refractivity contribution in [1.82, 2.24) is 0 Å². The van der Waals surface area contributed by atoms with Crippen LogP contribution in [0.5, 0.6) is 5.75 Å². The number of ether oxygens (including phenoxy) is 1. The van der Waals surface area contributed by atoms with E-state index in [1.165, 1.54) is 36.8 Å². The van der Waals surface area contributed by atoms with E-state index in [2.05, 4.69) is 19.1 Å². The Hall–Kier alpha value is -1.51. The van der Waals surface area contributed by atoms with Gasteiger partial charge in [0.15, 0.2) is 0 Å². The minimum absolute atomic E-state index is 0.238. The lowest BCUT2D eigenvalue weighted by atomic mass is 9.78. The average molecular weight is 290 g/mol. The largest absolute Gasteiger partial charge is 0.496 e. The van der Waals surface area contributed by atoms with Crippen molar-refractivity contribution in [2.75, 3.05) is 7.11 Å². The second-order valence-electron chi connectivity index (χ2n) is 6.28.